The first-order valence-corrected chi connectivity index (χ1v) is 11.3. The van der Waals surface area contributed by atoms with Crippen LogP contribution in [0.2, 0.25) is 0 Å². The van der Waals surface area contributed by atoms with E-state index in [1.807, 2.05) is 20.0 Å². The van der Waals surface area contributed by atoms with Gasteiger partial charge in [0.15, 0.2) is 0 Å². The van der Waals surface area contributed by atoms with E-state index in [2.05, 4.69) is 10.1 Å². The van der Waals surface area contributed by atoms with Crippen molar-refractivity contribution in [2.45, 2.75) is 58.4 Å². The van der Waals surface area contributed by atoms with Crippen LogP contribution in [-0.4, -0.2) is 50.2 Å². The summed E-state index contributed by atoms with van der Waals surface area (Å²) in [6.45, 7) is 7.04. The zero-order valence-corrected chi connectivity index (χ0v) is 19.7. The van der Waals surface area contributed by atoms with Gasteiger partial charge in [0.05, 0.1) is 18.3 Å². The van der Waals surface area contributed by atoms with Gasteiger partial charge in [-0.05, 0) is 45.7 Å². The molecule has 8 nitrogen and oxygen atoms in total. The zero-order valence-electron chi connectivity index (χ0n) is 19.7. The monoisotopic (exact) mass is 478 g/mol. The fourth-order valence-electron chi connectivity index (χ4n) is 4.17. The largest absolute Gasteiger partial charge is 0.416 e. The fourth-order valence-corrected chi connectivity index (χ4v) is 4.17. The lowest BCUT2D eigenvalue weighted by Crippen LogP contribution is -2.37. The second kappa shape index (κ2) is 9.28. The predicted molar refractivity (Wildman–Crippen MR) is 122 cm³/mol. The summed E-state index contributed by atoms with van der Waals surface area (Å²) in [6.07, 6.45) is 1.98. The smallest absolute Gasteiger partial charge is 0.381 e. The number of pyridine rings is 1. The summed E-state index contributed by atoms with van der Waals surface area (Å²) >= 11 is 0. The van der Waals surface area contributed by atoms with E-state index in [-0.39, 0.29) is 30.3 Å². The van der Waals surface area contributed by atoms with Crippen molar-refractivity contribution in [3.63, 3.8) is 0 Å². The Kier molecular flexibility index (Phi) is 6.57. The maximum Gasteiger partial charge on any atom is 0.416 e. The van der Waals surface area contributed by atoms with Gasteiger partial charge in [-0.1, -0.05) is 0 Å². The summed E-state index contributed by atoms with van der Waals surface area (Å²) in [6, 6.07) is 2.16. The molecule has 3 aromatic heterocycles. The number of hydrogen-bond acceptors (Lipinski definition) is 5. The summed E-state index contributed by atoms with van der Waals surface area (Å²) in [5, 5.41) is 4.29. The van der Waals surface area contributed by atoms with Crippen LogP contribution >= 0.6 is 0 Å². The number of rotatable bonds is 6. The molecule has 1 fully saturated rings. The molecule has 0 spiro atoms. The molecule has 0 saturated carbocycles. The van der Waals surface area contributed by atoms with Crippen molar-refractivity contribution in [1.29, 1.82) is 0 Å². The number of imidazole rings is 1. The molecule has 0 aliphatic carbocycles. The Morgan fingerprint density at radius 3 is 2.53 bits per heavy atom. The molecule has 1 aliphatic heterocycles. The van der Waals surface area contributed by atoms with Crippen LogP contribution in [0.5, 0.6) is 0 Å². The second-order valence-corrected chi connectivity index (χ2v) is 8.96. The first kappa shape index (κ1) is 24.1. The van der Waals surface area contributed by atoms with Gasteiger partial charge in [-0.25, -0.2) is 14.3 Å². The average Bonchev–Trinajstić information content (AvgIpc) is 3.37. The lowest BCUT2D eigenvalue weighted by atomic mass is 10.1. The third kappa shape index (κ3) is 4.89. The molecule has 3 aromatic rings. The van der Waals surface area contributed by atoms with E-state index in [0.717, 1.165) is 17.7 Å². The molecule has 0 aromatic carbocycles. The Balaban J connectivity index is 1.73. The van der Waals surface area contributed by atoms with Crippen LogP contribution in [-0.2, 0) is 17.5 Å². The highest BCUT2D eigenvalue weighted by atomic mass is 19.4. The Bertz CT molecular complexity index is 1200. The first-order valence-electron chi connectivity index (χ1n) is 11.3. The fraction of sp³-hybridized carbons (Fsp3) is 0.522. The summed E-state index contributed by atoms with van der Waals surface area (Å²) in [7, 11) is 1.73. The number of aromatic nitrogens is 5. The molecule has 0 atom stereocenters. The van der Waals surface area contributed by atoms with E-state index >= 15 is 0 Å². The lowest BCUT2D eigenvalue weighted by molar-refractivity contribution is -0.137. The molecule has 4 heterocycles. The molecule has 0 amide bonds. The molecule has 0 radical (unpaired) electrons. The minimum atomic E-state index is -4.57. The molecule has 1 saturated heterocycles. The standard InChI is InChI=1S/C23H29F3N6O2/c1-15(2)31-14-17(11-27-31)13-30-12-16(3)32(22(30)33)21-10-18(23(24,25)26)9-20(28-21)29(4)19-5-7-34-8-6-19/h9-12,14-15,19H,5-8,13H2,1-4H3. The molecule has 1 aliphatic rings. The van der Waals surface area contributed by atoms with E-state index in [4.69, 9.17) is 4.74 Å². The predicted octanol–water partition coefficient (Wildman–Crippen LogP) is 3.80. The molecular formula is C23H29F3N6O2. The Morgan fingerprint density at radius 2 is 1.91 bits per heavy atom. The molecule has 4 rings (SSSR count). The summed E-state index contributed by atoms with van der Waals surface area (Å²) in [4.78, 5) is 19.5. The number of anilines is 1. The van der Waals surface area contributed by atoms with Crippen molar-refractivity contribution in [2.24, 2.45) is 0 Å². The van der Waals surface area contributed by atoms with Crippen LogP contribution in [0.25, 0.3) is 5.82 Å². The summed E-state index contributed by atoms with van der Waals surface area (Å²) in [5.41, 5.74) is 0.0163. The van der Waals surface area contributed by atoms with Crippen LogP contribution in [0, 0.1) is 6.92 Å². The van der Waals surface area contributed by atoms with E-state index in [1.165, 1.54) is 9.13 Å². The molecule has 0 bridgehead atoms. The number of ether oxygens (including phenoxy) is 1. The lowest BCUT2D eigenvalue weighted by Gasteiger charge is -2.32. The van der Waals surface area contributed by atoms with Crippen molar-refractivity contribution < 1.29 is 17.9 Å². The van der Waals surface area contributed by atoms with Crippen LogP contribution in [0.4, 0.5) is 19.0 Å². The first-order chi connectivity index (χ1) is 16.0. The maximum atomic E-state index is 13.8. The van der Waals surface area contributed by atoms with E-state index < -0.39 is 17.4 Å². The molecular weight excluding hydrogens is 449 g/mol. The van der Waals surface area contributed by atoms with Gasteiger partial charge in [-0.15, -0.1) is 0 Å². The highest BCUT2D eigenvalue weighted by molar-refractivity contribution is 5.48. The van der Waals surface area contributed by atoms with Crippen LogP contribution < -0.4 is 10.6 Å². The SMILES string of the molecule is Cc1cn(Cc2cnn(C(C)C)c2)c(=O)n1-c1cc(C(F)(F)F)cc(N(C)C2CCOCC2)n1. The van der Waals surface area contributed by atoms with Gasteiger partial charge in [0.2, 0.25) is 0 Å². The van der Waals surface area contributed by atoms with Crippen molar-refractivity contribution >= 4 is 5.82 Å². The third-order valence-corrected chi connectivity index (χ3v) is 6.12. The van der Waals surface area contributed by atoms with E-state index in [9.17, 15) is 18.0 Å². The van der Waals surface area contributed by atoms with Gasteiger partial charge in [-0.2, -0.15) is 18.3 Å². The zero-order chi connectivity index (χ0) is 24.6. The average molecular weight is 479 g/mol. The third-order valence-electron chi connectivity index (χ3n) is 6.12. The van der Waals surface area contributed by atoms with Crippen molar-refractivity contribution in [1.82, 2.24) is 23.9 Å². The highest BCUT2D eigenvalue weighted by Gasteiger charge is 2.33. The number of alkyl halides is 3. The van der Waals surface area contributed by atoms with Crippen molar-refractivity contribution in [2.75, 3.05) is 25.2 Å². The Hall–Kier alpha value is -3.08. The van der Waals surface area contributed by atoms with Gasteiger partial charge < -0.3 is 9.64 Å². The van der Waals surface area contributed by atoms with Crippen molar-refractivity contribution in [3.8, 4) is 5.82 Å². The molecule has 11 heteroatoms. The molecule has 0 N–H and O–H groups in total. The number of hydrogen-bond donors (Lipinski definition) is 0. The number of halogens is 3. The molecule has 184 valence electrons. The number of nitrogens with zero attached hydrogens (tertiary/aromatic N) is 6. The quantitative estimate of drug-likeness (QED) is 0.539. The maximum absolute atomic E-state index is 13.8. The minimum Gasteiger partial charge on any atom is -0.381 e. The Labute approximate surface area is 195 Å². The molecule has 0 unspecified atom stereocenters. The van der Waals surface area contributed by atoms with Crippen LogP contribution in [0.3, 0.4) is 0 Å². The Morgan fingerprint density at radius 1 is 1.21 bits per heavy atom. The molecule has 34 heavy (non-hydrogen) atoms. The highest BCUT2D eigenvalue weighted by Crippen LogP contribution is 2.33. The topological polar surface area (TPSA) is 70.1 Å². The minimum absolute atomic E-state index is 0.0116. The van der Waals surface area contributed by atoms with Crippen LogP contribution in [0.1, 0.15) is 49.6 Å². The summed E-state index contributed by atoms with van der Waals surface area (Å²) in [5.74, 6) is 0.122. The van der Waals surface area contributed by atoms with Gasteiger partial charge in [-0.3, -0.25) is 9.25 Å². The van der Waals surface area contributed by atoms with E-state index in [0.29, 0.717) is 31.7 Å². The van der Waals surface area contributed by atoms with Gasteiger partial charge >= 0.3 is 11.9 Å². The van der Waals surface area contributed by atoms with E-state index in [1.54, 1.807) is 35.9 Å². The van der Waals surface area contributed by atoms with Gasteiger partial charge in [0.25, 0.3) is 0 Å². The van der Waals surface area contributed by atoms with Crippen LogP contribution in [0.15, 0.2) is 35.5 Å². The normalized spacial score (nSPS) is 15.3. The summed E-state index contributed by atoms with van der Waals surface area (Å²) < 4.78 is 51.1. The second-order valence-electron chi connectivity index (χ2n) is 8.96. The number of aryl methyl sites for hydroxylation is 1. The van der Waals surface area contributed by atoms with Gasteiger partial charge in [0.1, 0.15) is 11.6 Å². The van der Waals surface area contributed by atoms with Crippen molar-refractivity contribution in [3.05, 3.63) is 58.0 Å². The van der Waals surface area contributed by atoms with Gasteiger partial charge in [0, 0.05) is 56.0 Å².